The average Bonchev–Trinajstić information content (AvgIpc) is 0.867. The molecule has 6 aromatic carbocycles. The van der Waals surface area contributed by atoms with Gasteiger partial charge < -0.3 is 72.0 Å². The first-order chi connectivity index (χ1) is 40.3. The smallest absolute Gasteiger partial charge is 0.418 e. The van der Waals surface area contributed by atoms with E-state index < -0.39 is 21.9 Å². The number of carbonyl (C=O) groups excluding carboxylic acids is 1. The Kier molecular flexibility index (Phi) is 53.1. The molecular formula is C70H87BrCl3N10O4Y4-7. The number of hydrogen-bond donors (Lipinski definition) is 1. The van der Waals surface area contributed by atoms with Crippen molar-refractivity contribution in [1.82, 2.24) is 33.8 Å². The summed E-state index contributed by atoms with van der Waals surface area (Å²) >= 11 is 23.8. The van der Waals surface area contributed by atoms with Gasteiger partial charge in [0.15, 0.2) is 5.96 Å². The first kappa shape index (κ1) is 95.4. The summed E-state index contributed by atoms with van der Waals surface area (Å²) in [5, 5.41) is 13.2. The van der Waals surface area contributed by atoms with Crippen molar-refractivity contribution in [2.75, 3.05) is 72.3 Å². The molecule has 92 heavy (non-hydrogen) atoms. The molecule has 6 heterocycles. The fraction of sp³-hybridized carbons (Fsp3) is 0.271. The number of aliphatic imine (C=N–C) groups is 2. The molecule has 2 saturated heterocycles. The second-order valence-electron chi connectivity index (χ2n) is 19.2. The maximum Gasteiger partial charge on any atom is 0.418 e. The number of fused-ring (bicyclic) bond motifs is 2. The minimum atomic E-state index is -1.01. The van der Waals surface area contributed by atoms with Crippen LogP contribution in [0.3, 0.4) is 0 Å². The number of rotatable bonds is 6. The number of carboxylic acid groups (broad SMARTS) is 1. The van der Waals surface area contributed by atoms with Gasteiger partial charge in [-0.15, -0.1) is 28.8 Å². The Morgan fingerprint density at radius 3 is 1.52 bits per heavy atom. The van der Waals surface area contributed by atoms with E-state index in [0.29, 0.717) is 5.02 Å². The Morgan fingerprint density at radius 2 is 1.03 bits per heavy atom. The van der Waals surface area contributed by atoms with Crippen molar-refractivity contribution in [3.63, 3.8) is 0 Å². The molecule has 12 rings (SSSR count). The SMILES string of the molecule is C1CN=C2[N-]CCCN2C1.CBr.CN1CCCN2CCCN=C12.COC(=O)n1ccnc1.Cc1ccc(C(Cl)(c2ccccc2)c2ccccc2Cl)cc1.Cc1ccccc1C(Cl)(c1cc[c-]cc1)c1ccccc1.O=C(O)n1ccnc1.[CH3-].[CH3-].[CH3-].[CH3-].[CH3-].[Y].[Y].[Y].[Y]. The molecule has 22 heteroatoms. The largest absolute Gasteiger partial charge is 0.464 e. The second kappa shape index (κ2) is 51.2. The molecule has 4 aliphatic heterocycles. The molecule has 0 spiro atoms. The number of ether oxygens (including phenoxy) is 1. The summed E-state index contributed by atoms with van der Waals surface area (Å²) in [4.78, 5) is 42.0. The Morgan fingerprint density at radius 1 is 0.576 bits per heavy atom. The number of hydrogen-bond acceptors (Lipinski definition) is 10. The number of halogens is 4. The van der Waals surface area contributed by atoms with Crippen LogP contribution in [0.15, 0.2) is 205 Å². The molecule has 2 aromatic heterocycles. The minimum absolute atomic E-state index is 0. The van der Waals surface area contributed by atoms with Crippen LogP contribution in [0.2, 0.25) is 5.02 Å². The van der Waals surface area contributed by atoms with Crippen LogP contribution in [-0.2, 0) is 145 Å². The van der Waals surface area contributed by atoms with Crippen LogP contribution in [0.1, 0.15) is 70.2 Å². The number of imidazole rings is 2. The van der Waals surface area contributed by atoms with Crippen LogP contribution in [-0.4, -0.2) is 135 Å². The molecule has 0 aliphatic carbocycles. The van der Waals surface area contributed by atoms with Crippen molar-refractivity contribution in [3.05, 3.63) is 293 Å². The van der Waals surface area contributed by atoms with Crippen molar-refractivity contribution >= 4 is 74.8 Å². The van der Waals surface area contributed by atoms with Gasteiger partial charge >= 0.3 is 12.2 Å². The molecule has 2 atom stereocenters. The molecule has 0 bridgehead atoms. The first-order valence-corrected chi connectivity index (χ1v) is 30.0. The van der Waals surface area contributed by atoms with Crippen LogP contribution in [0, 0.1) is 57.0 Å². The fourth-order valence-electron chi connectivity index (χ4n) is 9.49. The van der Waals surface area contributed by atoms with Crippen LogP contribution >= 0.6 is 50.7 Å². The van der Waals surface area contributed by atoms with Crippen molar-refractivity contribution in [3.8, 4) is 0 Å². The third-order valence-corrected chi connectivity index (χ3v) is 15.2. The average molecular weight is 1670 g/mol. The molecule has 2 fully saturated rings. The van der Waals surface area contributed by atoms with E-state index in [-0.39, 0.29) is 168 Å². The number of aromatic nitrogens is 4. The molecule has 8 aromatic rings. The molecular weight excluding hydrogens is 1590 g/mol. The van der Waals surface area contributed by atoms with Gasteiger partial charge in [-0.05, 0) is 105 Å². The van der Waals surface area contributed by atoms with Crippen LogP contribution in [0.25, 0.3) is 5.32 Å². The van der Waals surface area contributed by atoms with Gasteiger partial charge in [-0.25, -0.2) is 28.7 Å². The van der Waals surface area contributed by atoms with Crippen LogP contribution < -0.4 is 0 Å². The summed E-state index contributed by atoms with van der Waals surface area (Å²) in [6, 6.07) is 55.6. The van der Waals surface area contributed by atoms with E-state index in [4.69, 9.17) is 39.9 Å². The predicted molar refractivity (Wildman–Crippen MR) is 373 cm³/mol. The summed E-state index contributed by atoms with van der Waals surface area (Å²) in [7, 11) is 3.46. The van der Waals surface area contributed by atoms with Gasteiger partial charge in [0.25, 0.3) is 0 Å². The van der Waals surface area contributed by atoms with E-state index in [1.165, 1.54) is 125 Å². The number of benzene rings is 6. The summed E-state index contributed by atoms with van der Waals surface area (Å²) in [5.41, 5.74) is 8.56. The zero-order valence-corrected chi connectivity index (χ0v) is 70.1. The first-order valence-electron chi connectivity index (χ1n) is 27.3. The standard InChI is InChI=1S/C20H16Cl2.C20H16Cl.C8H15N3.C7H12N3.C5H6N2O2.C4H4N2O2.CH3Br.5CH3.4Y/c1-15-11-13-17(14-12-15)20(22,16-7-3-2-4-8-16)18-9-5-6-10-19(18)21;1-16-10-8-9-15-19(16)20(21,17-11-4-2-5-12-17)18-13-6-3-7-14-18;1-10-5-3-7-11-6-2-4-9-8(10)11;1-3-8-7-9-4-2-6-10(7)5-1;1-9-5(8)7-3-2-6-4-7;7-4(8)6-2-1-5-3-6;1-2;;;;;;;;;/h2-14H,1H3;2,4-15H,1H3;2-7H2,1H3;1-6H2;2-4H,1H3;1-3H,(H,7,8);1H3;5*1H3;;;;/q;-1;;-1;;;;5*-1;;;;. The topological polar surface area (TPSA) is 148 Å². The van der Waals surface area contributed by atoms with Gasteiger partial charge in [-0.1, -0.05) is 160 Å². The summed E-state index contributed by atoms with van der Waals surface area (Å²) in [6.45, 7) is 13.1. The van der Waals surface area contributed by atoms with Gasteiger partial charge in [0.05, 0.1) is 12.0 Å². The second-order valence-corrected chi connectivity index (χ2v) is 20.8. The zero-order chi connectivity index (χ0) is 59.5. The number of carbonyl (C=O) groups is 2. The number of guanidine groups is 2. The Balaban J connectivity index is -0.000000512. The normalized spacial score (nSPS) is 13.7. The van der Waals surface area contributed by atoms with Crippen molar-refractivity contribution in [2.24, 2.45) is 9.98 Å². The molecule has 4 aliphatic rings. The van der Waals surface area contributed by atoms with E-state index in [1.54, 1.807) is 0 Å². The Labute approximate surface area is 675 Å². The molecule has 1 N–H and O–H groups in total. The maximum absolute atomic E-state index is 10.6. The van der Waals surface area contributed by atoms with Crippen molar-refractivity contribution in [1.29, 1.82) is 0 Å². The third-order valence-electron chi connectivity index (χ3n) is 13.6. The Bertz CT molecular complexity index is 3220. The number of aryl methyl sites for hydroxylation is 2. The molecule has 0 amide bonds. The summed E-state index contributed by atoms with van der Waals surface area (Å²) in [6.07, 6.45) is 11.9. The monoisotopic (exact) mass is 1670 g/mol. The fourth-order valence-corrected chi connectivity index (χ4v) is 10.7. The molecule has 0 saturated carbocycles. The van der Waals surface area contributed by atoms with Gasteiger partial charge in [0, 0.05) is 205 Å². The van der Waals surface area contributed by atoms with E-state index in [9.17, 15) is 9.59 Å². The third kappa shape index (κ3) is 27.8. The molecule has 14 nitrogen and oxygen atoms in total. The van der Waals surface area contributed by atoms with Gasteiger partial charge in [-0.3, -0.25) is 4.99 Å². The summed E-state index contributed by atoms with van der Waals surface area (Å²) in [5.74, 6) is 4.05. The number of alkyl halides is 3. The Hall–Kier alpha value is -3.01. The zero-order valence-electron chi connectivity index (χ0n) is 54.9. The van der Waals surface area contributed by atoms with E-state index in [1.807, 2.05) is 115 Å². The van der Waals surface area contributed by atoms with Crippen molar-refractivity contribution < 1.29 is 150 Å². The quantitative estimate of drug-likeness (QED) is 0.0976. The summed E-state index contributed by atoms with van der Waals surface area (Å²) < 4.78 is 6.60. The van der Waals surface area contributed by atoms with E-state index in [2.05, 4.69) is 136 Å². The molecule has 488 valence electrons. The number of nitrogens with zero attached hydrogens (tertiary/aromatic N) is 10. The number of methoxy groups -OCH3 is 1. The predicted octanol–water partition coefficient (Wildman–Crippen LogP) is 16.9. The van der Waals surface area contributed by atoms with E-state index >= 15 is 0 Å². The van der Waals surface area contributed by atoms with Crippen LogP contribution in [0.5, 0.6) is 0 Å². The van der Waals surface area contributed by atoms with Gasteiger partial charge in [0.2, 0.25) is 0 Å². The molecule has 2 unspecified atom stereocenters. The molecule has 4 radical (unpaired) electrons. The maximum atomic E-state index is 10.6. The van der Waals surface area contributed by atoms with Crippen LogP contribution in [0.4, 0.5) is 9.59 Å². The van der Waals surface area contributed by atoms with Gasteiger partial charge in [-0.2, -0.15) is 30.3 Å². The van der Waals surface area contributed by atoms with E-state index in [0.717, 1.165) is 63.5 Å². The van der Waals surface area contributed by atoms with Gasteiger partial charge in [0.1, 0.15) is 17.5 Å². The van der Waals surface area contributed by atoms with Crippen molar-refractivity contribution in [2.45, 2.75) is 49.3 Å². The minimum Gasteiger partial charge on any atom is -0.464 e.